The lowest BCUT2D eigenvalue weighted by molar-refractivity contribution is 0.0701. The Bertz CT molecular complexity index is 567. The summed E-state index contributed by atoms with van der Waals surface area (Å²) in [5, 5.41) is 9.71. The number of rotatable bonds is 3. The van der Waals surface area contributed by atoms with Gasteiger partial charge in [0.05, 0.1) is 10.7 Å². The van der Waals surface area contributed by atoms with Crippen LogP contribution < -0.4 is 0 Å². The average Bonchev–Trinajstić information content (AvgIpc) is 2.84. The van der Waals surface area contributed by atoms with Gasteiger partial charge in [0.2, 0.25) is 0 Å². The number of halogens is 1. The third-order valence-corrected chi connectivity index (χ3v) is 3.26. The summed E-state index contributed by atoms with van der Waals surface area (Å²) in [6, 6.07) is 6.10. The predicted molar refractivity (Wildman–Crippen MR) is 85.7 cm³/mol. The quantitative estimate of drug-likeness (QED) is 0.874. The Morgan fingerprint density at radius 2 is 1.90 bits per heavy atom. The number of hydrogen-bond donors (Lipinski definition) is 1. The van der Waals surface area contributed by atoms with Crippen LogP contribution in [-0.4, -0.2) is 16.1 Å². The van der Waals surface area contributed by atoms with Gasteiger partial charge in [-0.1, -0.05) is 39.8 Å². The number of aryl methyl sites for hydroxylation is 1. The van der Waals surface area contributed by atoms with E-state index < -0.39 is 5.97 Å². The number of aromatic carboxylic acids is 1. The Morgan fingerprint density at radius 3 is 2.43 bits per heavy atom. The van der Waals surface area contributed by atoms with E-state index in [9.17, 15) is 9.18 Å². The minimum atomic E-state index is -0.984. The van der Waals surface area contributed by atoms with Crippen molar-refractivity contribution < 1.29 is 14.3 Å². The van der Waals surface area contributed by atoms with Crippen molar-refractivity contribution in [2.45, 2.75) is 41.0 Å². The van der Waals surface area contributed by atoms with Crippen LogP contribution in [0.15, 0.2) is 24.3 Å². The molecule has 1 aromatic carbocycles. The molecule has 2 aromatic rings. The molecule has 0 saturated heterocycles. The molecule has 2 rings (SSSR count). The predicted octanol–water partition coefficient (Wildman–Crippen LogP) is 4.93. The fraction of sp³-hybridized carbons (Fsp3) is 0.375. The van der Waals surface area contributed by atoms with Crippen LogP contribution in [0.3, 0.4) is 0 Å². The van der Waals surface area contributed by atoms with Crippen LogP contribution >= 0.6 is 11.3 Å². The summed E-state index contributed by atoms with van der Waals surface area (Å²) in [7, 11) is 0. The Balaban J connectivity index is 0.000000921. The molecule has 0 atom stereocenters. The van der Waals surface area contributed by atoms with E-state index in [0.29, 0.717) is 17.1 Å². The van der Waals surface area contributed by atoms with Crippen molar-refractivity contribution in [1.82, 2.24) is 4.98 Å². The Labute approximate surface area is 129 Å². The van der Waals surface area contributed by atoms with Crippen molar-refractivity contribution in [1.29, 1.82) is 0 Å². The molecule has 0 saturated carbocycles. The third-order valence-electron chi connectivity index (χ3n) is 2.26. The lowest BCUT2D eigenvalue weighted by Crippen LogP contribution is -2.00. The van der Waals surface area contributed by atoms with Crippen molar-refractivity contribution in [3.8, 4) is 0 Å². The zero-order chi connectivity index (χ0) is 16.4. The number of aromatic nitrogens is 1. The minimum absolute atomic E-state index is 0.228. The van der Waals surface area contributed by atoms with Crippen molar-refractivity contribution in [2.24, 2.45) is 0 Å². The maximum absolute atomic E-state index is 13.0. The molecule has 0 aliphatic carbocycles. The standard InChI is InChI=1S/C12H10FNO2S.2C2H6/c1-7-14-10(11(17-7)12(15)16)6-8-3-2-4-9(13)5-8;2*1-2/h2-5H,6H2,1H3,(H,15,16);2*1-2H3. The number of carboxylic acid groups (broad SMARTS) is 1. The molecule has 21 heavy (non-hydrogen) atoms. The zero-order valence-corrected chi connectivity index (χ0v) is 13.9. The first-order chi connectivity index (χ1) is 10.1. The lowest BCUT2D eigenvalue weighted by Gasteiger charge is -2.00. The molecule has 116 valence electrons. The van der Waals surface area contributed by atoms with E-state index in [1.165, 1.54) is 12.1 Å². The highest BCUT2D eigenvalue weighted by Gasteiger charge is 2.15. The van der Waals surface area contributed by atoms with E-state index in [1.54, 1.807) is 19.1 Å². The summed E-state index contributed by atoms with van der Waals surface area (Å²) in [4.78, 5) is 15.4. The first-order valence-corrected chi connectivity index (χ1v) is 7.82. The SMILES string of the molecule is CC.CC.Cc1nc(Cc2cccc(F)c2)c(C(=O)O)s1. The molecule has 0 bridgehead atoms. The van der Waals surface area contributed by atoms with Gasteiger partial charge in [-0.25, -0.2) is 14.2 Å². The van der Waals surface area contributed by atoms with Crippen LogP contribution in [0.4, 0.5) is 4.39 Å². The third kappa shape index (κ3) is 6.04. The molecule has 0 fully saturated rings. The van der Waals surface area contributed by atoms with Gasteiger partial charge in [0.1, 0.15) is 10.7 Å². The lowest BCUT2D eigenvalue weighted by atomic mass is 10.1. The number of nitrogens with zero attached hydrogens (tertiary/aromatic N) is 1. The molecule has 1 heterocycles. The van der Waals surface area contributed by atoms with E-state index >= 15 is 0 Å². The van der Waals surface area contributed by atoms with Gasteiger partial charge in [-0.05, 0) is 24.6 Å². The highest BCUT2D eigenvalue weighted by Crippen LogP contribution is 2.21. The summed E-state index contributed by atoms with van der Waals surface area (Å²) in [6.07, 6.45) is 0.337. The van der Waals surface area contributed by atoms with Crippen molar-refractivity contribution in [3.63, 3.8) is 0 Å². The van der Waals surface area contributed by atoms with Crippen LogP contribution in [0.2, 0.25) is 0 Å². The Hall–Kier alpha value is -1.75. The van der Waals surface area contributed by atoms with Crippen molar-refractivity contribution >= 4 is 17.3 Å². The molecule has 1 aromatic heterocycles. The zero-order valence-electron chi connectivity index (χ0n) is 13.1. The van der Waals surface area contributed by atoms with E-state index in [4.69, 9.17) is 5.11 Å². The number of carboxylic acids is 1. The van der Waals surface area contributed by atoms with Crippen molar-refractivity contribution in [3.05, 3.63) is 51.2 Å². The van der Waals surface area contributed by atoms with Gasteiger partial charge in [0.15, 0.2) is 0 Å². The van der Waals surface area contributed by atoms with Gasteiger partial charge in [-0.2, -0.15) is 0 Å². The number of carbonyl (C=O) groups is 1. The average molecular weight is 311 g/mol. The highest BCUT2D eigenvalue weighted by atomic mass is 32.1. The van der Waals surface area contributed by atoms with Crippen LogP contribution in [0.1, 0.15) is 53.6 Å². The summed E-state index contributed by atoms with van der Waals surface area (Å²) < 4.78 is 13.0. The van der Waals surface area contributed by atoms with Gasteiger partial charge in [-0.3, -0.25) is 0 Å². The first kappa shape index (κ1) is 19.2. The number of hydrogen-bond acceptors (Lipinski definition) is 3. The van der Waals surface area contributed by atoms with E-state index in [0.717, 1.165) is 16.9 Å². The van der Waals surface area contributed by atoms with Gasteiger partial charge < -0.3 is 5.11 Å². The van der Waals surface area contributed by atoms with Gasteiger partial charge in [0.25, 0.3) is 0 Å². The van der Waals surface area contributed by atoms with Crippen molar-refractivity contribution in [2.75, 3.05) is 0 Å². The number of benzene rings is 1. The molecule has 5 heteroatoms. The molecular weight excluding hydrogens is 289 g/mol. The summed E-state index contributed by atoms with van der Waals surface area (Å²) in [5.74, 6) is -1.31. The van der Waals surface area contributed by atoms with Crippen LogP contribution in [-0.2, 0) is 6.42 Å². The molecule has 0 radical (unpaired) electrons. The van der Waals surface area contributed by atoms with Crippen LogP contribution in [0.25, 0.3) is 0 Å². The minimum Gasteiger partial charge on any atom is -0.477 e. The van der Waals surface area contributed by atoms with Gasteiger partial charge in [0, 0.05) is 6.42 Å². The molecule has 1 N–H and O–H groups in total. The van der Waals surface area contributed by atoms with E-state index in [1.807, 2.05) is 27.7 Å². The summed E-state index contributed by atoms with van der Waals surface area (Å²) in [6.45, 7) is 9.76. The largest absolute Gasteiger partial charge is 0.477 e. The molecule has 0 aliphatic rings. The topological polar surface area (TPSA) is 50.2 Å². The highest BCUT2D eigenvalue weighted by molar-refractivity contribution is 7.13. The molecule has 0 aliphatic heterocycles. The molecule has 0 spiro atoms. The first-order valence-electron chi connectivity index (χ1n) is 7.00. The Kier molecular flexibility index (Phi) is 9.21. The van der Waals surface area contributed by atoms with Crippen LogP contribution in [0.5, 0.6) is 0 Å². The maximum Gasteiger partial charge on any atom is 0.347 e. The second-order valence-electron chi connectivity index (χ2n) is 3.62. The monoisotopic (exact) mass is 311 g/mol. The second kappa shape index (κ2) is 10.0. The smallest absolute Gasteiger partial charge is 0.347 e. The second-order valence-corrected chi connectivity index (χ2v) is 4.82. The molecular formula is C16H22FNO2S. The number of thiazole rings is 1. The van der Waals surface area contributed by atoms with E-state index in [-0.39, 0.29) is 10.7 Å². The van der Waals surface area contributed by atoms with E-state index in [2.05, 4.69) is 4.98 Å². The normalized spacial score (nSPS) is 9.05. The fourth-order valence-electron chi connectivity index (χ4n) is 1.60. The fourth-order valence-corrected chi connectivity index (χ4v) is 2.37. The molecule has 0 unspecified atom stereocenters. The van der Waals surface area contributed by atoms with Gasteiger partial charge in [-0.15, -0.1) is 11.3 Å². The van der Waals surface area contributed by atoms with Gasteiger partial charge >= 0.3 is 5.97 Å². The maximum atomic E-state index is 13.0. The van der Waals surface area contributed by atoms with Crippen LogP contribution in [0, 0.1) is 12.7 Å². The summed E-state index contributed by atoms with van der Waals surface area (Å²) >= 11 is 1.14. The Morgan fingerprint density at radius 1 is 1.29 bits per heavy atom. The summed E-state index contributed by atoms with van der Waals surface area (Å²) in [5.41, 5.74) is 1.21. The molecule has 0 amide bonds. The molecule has 3 nitrogen and oxygen atoms in total.